The van der Waals surface area contributed by atoms with Crippen molar-refractivity contribution in [3.63, 3.8) is 0 Å². The molecule has 2 N–H and O–H groups in total. The van der Waals surface area contributed by atoms with Crippen LogP contribution in [0.15, 0.2) is 24.3 Å². The molecule has 16 heavy (non-hydrogen) atoms. The van der Waals surface area contributed by atoms with Crippen molar-refractivity contribution in [1.82, 2.24) is 10.4 Å². The van der Waals surface area contributed by atoms with Crippen LogP contribution in [0.5, 0.6) is 0 Å². The number of hydrogen-bond acceptors (Lipinski definition) is 4. The molecular formula is C9H12N4O3. The quantitative estimate of drug-likeness (QED) is 0.596. The molecule has 0 fully saturated rings. The van der Waals surface area contributed by atoms with Gasteiger partial charge in [0.05, 0.1) is 4.92 Å². The number of urea groups is 1. The van der Waals surface area contributed by atoms with E-state index in [1.807, 2.05) is 0 Å². The number of nitrogens with zero attached hydrogens (tertiary/aromatic N) is 2. The molecule has 0 spiro atoms. The lowest BCUT2D eigenvalue weighted by Crippen LogP contribution is -2.39. The molecule has 1 aromatic carbocycles. The summed E-state index contributed by atoms with van der Waals surface area (Å²) in [7, 11) is 3.32. The Balaban J connectivity index is 2.70. The van der Waals surface area contributed by atoms with E-state index in [4.69, 9.17) is 0 Å². The van der Waals surface area contributed by atoms with E-state index in [1.165, 1.54) is 23.2 Å². The molecule has 0 unspecified atom stereocenters. The molecule has 0 aliphatic heterocycles. The molecule has 0 aliphatic carbocycles. The molecule has 0 aromatic heterocycles. The van der Waals surface area contributed by atoms with Gasteiger partial charge in [-0.25, -0.2) is 9.80 Å². The van der Waals surface area contributed by atoms with E-state index >= 15 is 0 Å². The molecule has 86 valence electrons. The Morgan fingerprint density at radius 3 is 2.69 bits per heavy atom. The van der Waals surface area contributed by atoms with Gasteiger partial charge in [-0.1, -0.05) is 6.07 Å². The molecule has 1 aromatic rings. The minimum absolute atomic E-state index is 0.0670. The van der Waals surface area contributed by atoms with Crippen LogP contribution in [0.3, 0.4) is 0 Å². The smallest absolute Gasteiger partial charge is 0.307 e. The summed E-state index contributed by atoms with van der Waals surface area (Å²) in [5, 5.41) is 14.4. The number of carbonyl (C=O) groups is 1. The molecule has 7 heteroatoms. The third kappa shape index (κ3) is 3.54. The Morgan fingerprint density at radius 1 is 1.44 bits per heavy atom. The molecular weight excluding hydrogens is 212 g/mol. The number of anilines is 1. The summed E-state index contributed by atoms with van der Waals surface area (Å²) >= 11 is 0. The summed E-state index contributed by atoms with van der Waals surface area (Å²) in [6, 6.07) is 5.26. The molecule has 2 amide bonds. The predicted octanol–water partition coefficient (Wildman–Crippen LogP) is 1.19. The highest BCUT2D eigenvalue weighted by atomic mass is 16.6. The van der Waals surface area contributed by atoms with Crippen molar-refractivity contribution in [2.24, 2.45) is 0 Å². The number of hydrogen-bond donors (Lipinski definition) is 2. The van der Waals surface area contributed by atoms with Crippen LogP contribution < -0.4 is 10.7 Å². The maximum absolute atomic E-state index is 11.3. The Morgan fingerprint density at radius 2 is 2.12 bits per heavy atom. The van der Waals surface area contributed by atoms with Gasteiger partial charge in [0, 0.05) is 31.9 Å². The van der Waals surface area contributed by atoms with E-state index < -0.39 is 11.0 Å². The highest BCUT2D eigenvalue weighted by Crippen LogP contribution is 2.16. The second-order valence-corrected chi connectivity index (χ2v) is 3.27. The lowest BCUT2D eigenvalue weighted by molar-refractivity contribution is -0.384. The van der Waals surface area contributed by atoms with Crippen LogP contribution in [0.4, 0.5) is 16.2 Å². The Kier molecular flexibility index (Phi) is 3.78. The van der Waals surface area contributed by atoms with Crippen LogP contribution in [-0.2, 0) is 0 Å². The highest BCUT2D eigenvalue weighted by molar-refractivity contribution is 5.89. The molecule has 0 radical (unpaired) electrons. The number of benzene rings is 1. The summed E-state index contributed by atoms with van der Waals surface area (Å²) in [5.41, 5.74) is 2.76. The van der Waals surface area contributed by atoms with Gasteiger partial charge in [0.25, 0.3) is 5.69 Å². The normalized spacial score (nSPS) is 9.94. The number of amides is 2. The molecule has 0 aliphatic rings. The van der Waals surface area contributed by atoms with Crippen molar-refractivity contribution in [1.29, 1.82) is 0 Å². The molecule has 0 saturated carbocycles. The SMILES string of the molecule is CN(C)NC(=O)Nc1cccc([N+](=O)[O-])c1. The Hall–Kier alpha value is -2.15. The lowest BCUT2D eigenvalue weighted by atomic mass is 10.3. The van der Waals surface area contributed by atoms with Gasteiger partial charge >= 0.3 is 6.03 Å². The van der Waals surface area contributed by atoms with Crippen LogP contribution in [0, 0.1) is 10.1 Å². The van der Waals surface area contributed by atoms with Crippen LogP contribution >= 0.6 is 0 Å². The van der Waals surface area contributed by atoms with Crippen molar-refractivity contribution >= 4 is 17.4 Å². The molecule has 0 atom stereocenters. The number of nitro benzene ring substituents is 1. The zero-order valence-electron chi connectivity index (χ0n) is 8.93. The Labute approximate surface area is 92.2 Å². The van der Waals surface area contributed by atoms with Crippen molar-refractivity contribution < 1.29 is 9.72 Å². The van der Waals surface area contributed by atoms with Crippen LogP contribution in [0.25, 0.3) is 0 Å². The molecule has 7 nitrogen and oxygen atoms in total. The van der Waals surface area contributed by atoms with Crippen molar-refractivity contribution in [3.05, 3.63) is 34.4 Å². The largest absolute Gasteiger partial charge is 0.333 e. The van der Waals surface area contributed by atoms with Gasteiger partial charge in [0.15, 0.2) is 0 Å². The van der Waals surface area contributed by atoms with E-state index in [9.17, 15) is 14.9 Å². The second-order valence-electron chi connectivity index (χ2n) is 3.27. The monoisotopic (exact) mass is 224 g/mol. The third-order valence-electron chi connectivity index (χ3n) is 1.64. The standard InChI is InChI=1S/C9H12N4O3/c1-12(2)11-9(14)10-7-4-3-5-8(6-7)13(15)16/h3-6H,1-2H3,(H2,10,11,14). The highest BCUT2D eigenvalue weighted by Gasteiger charge is 2.07. The number of carbonyl (C=O) groups excluding carboxylic acids is 1. The molecule has 0 heterocycles. The predicted molar refractivity (Wildman–Crippen MR) is 58.9 cm³/mol. The molecule has 0 bridgehead atoms. The average molecular weight is 224 g/mol. The minimum atomic E-state index is -0.519. The second kappa shape index (κ2) is 5.08. The third-order valence-corrected chi connectivity index (χ3v) is 1.64. The van der Waals surface area contributed by atoms with Gasteiger partial charge in [-0.3, -0.25) is 15.5 Å². The number of nitrogens with one attached hydrogen (secondary N) is 2. The first-order chi connectivity index (χ1) is 7.49. The summed E-state index contributed by atoms with van der Waals surface area (Å²) in [6.45, 7) is 0. The minimum Gasteiger partial charge on any atom is -0.307 e. The summed E-state index contributed by atoms with van der Waals surface area (Å²) in [6.07, 6.45) is 0. The van der Waals surface area contributed by atoms with Crippen molar-refractivity contribution in [3.8, 4) is 0 Å². The number of nitro groups is 1. The van der Waals surface area contributed by atoms with Crippen LogP contribution in [0.1, 0.15) is 0 Å². The van der Waals surface area contributed by atoms with E-state index in [1.54, 1.807) is 20.2 Å². The zero-order chi connectivity index (χ0) is 12.1. The molecule has 0 saturated heterocycles. The lowest BCUT2D eigenvalue weighted by Gasteiger charge is -2.12. The van der Waals surface area contributed by atoms with Crippen molar-refractivity contribution in [2.75, 3.05) is 19.4 Å². The average Bonchev–Trinajstić information content (AvgIpc) is 2.16. The first-order valence-corrected chi connectivity index (χ1v) is 4.48. The summed E-state index contributed by atoms with van der Waals surface area (Å²) in [4.78, 5) is 21.2. The molecule has 1 rings (SSSR count). The van der Waals surface area contributed by atoms with Gasteiger partial charge in [-0.15, -0.1) is 0 Å². The maximum Gasteiger partial charge on any atom is 0.333 e. The number of non-ortho nitro benzene ring substituents is 1. The summed E-state index contributed by atoms with van der Waals surface area (Å²) < 4.78 is 0. The Bertz CT molecular complexity index is 405. The number of hydrazine groups is 1. The maximum atomic E-state index is 11.3. The topological polar surface area (TPSA) is 87.5 Å². The van der Waals surface area contributed by atoms with E-state index in [0.29, 0.717) is 5.69 Å². The van der Waals surface area contributed by atoms with Gasteiger partial charge in [0.1, 0.15) is 0 Å². The van der Waals surface area contributed by atoms with Crippen LogP contribution in [-0.4, -0.2) is 30.1 Å². The first-order valence-electron chi connectivity index (χ1n) is 4.48. The van der Waals surface area contributed by atoms with Gasteiger partial charge in [0.2, 0.25) is 0 Å². The fourth-order valence-electron chi connectivity index (χ4n) is 1.06. The first kappa shape index (κ1) is 11.9. The van der Waals surface area contributed by atoms with Crippen LogP contribution in [0.2, 0.25) is 0 Å². The fraction of sp³-hybridized carbons (Fsp3) is 0.222. The number of rotatable bonds is 3. The van der Waals surface area contributed by atoms with Gasteiger partial charge < -0.3 is 5.32 Å². The van der Waals surface area contributed by atoms with E-state index in [2.05, 4.69) is 10.7 Å². The van der Waals surface area contributed by atoms with Crippen molar-refractivity contribution in [2.45, 2.75) is 0 Å². The van der Waals surface area contributed by atoms with Gasteiger partial charge in [-0.05, 0) is 6.07 Å². The summed E-state index contributed by atoms with van der Waals surface area (Å²) in [5.74, 6) is 0. The zero-order valence-corrected chi connectivity index (χ0v) is 8.93. The van der Waals surface area contributed by atoms with E-state index in [-0.39, 0.29) is 5.69 Å². The fourth-order valence-corrected chi connectivity index (χ4v) is 1.06. The van der Waals surface area contributed by atoms with Gasteiger partial charge in [-0.2, -0.15) is 0 Å². The van der Waals surface area contributed by atoms with E-state index in [0.717, 1.165) is 0 Å².